The van der Waals surface area contributed by atoms with E-state index < -0.39 is 0 Å². The molecule has 29 heavy (non-hydrogen) atoms. The molecule has 1 aromatic heterocycles. The van der Waals surface area contributed by atoms with E-state index in [1.165, 1.54) is 19.2 Å². The van der Waals surface area contributed by atoms with Crippen LogP contribution in [0, 0.1) is 0 Å². The molecule has 8 heteroatoms. The molecule has 0 spiro atoms. The standard InChI is InChI=1S/C21H22ClN3O3.ClH/c22-16-4-6-19(7-5-16)27-20-10-8-18(9-11-20)26-14-17-3-1-2-12-25(17)13-21-23-15-24-28-21;/h4-11,15,17H,1-3,12-14H2;1H/t17-;/m0./s1. The largest absolute Gasteiger partial charge is 0.492 e. The van der Waals surface area contributed by atoms with E-state index in [1.807, 2.05) is 36.4 Å². The third-order valence-corrected chi connectivity index (χ3v) is 5.06. The van der Waals surface area contributed by atoms with E-state index in [2.05, 4.69) is 15.0 Å². The summed E-state index contributed by atoms with van der Waals surface area (Å²) in [5.74, 6) is 2.98. The summed E-state index contributed by atoms with van der Waals surface area (Å²) in [7, 11) is 0. The molecule has 2 heterocycles. The summed E-state index contributed by atoms with van der Waals surface area (Å²) in [5.41, 5.74) is 0. The highest BCUT2D eigenvalue weighted by atomic mass is 35.5. The van der Waals surface area contributed by atoms with Gasteiger partial charge in [0.2, 0.25) is 5.89 Å². The smallest absolute Gasteiger partial charge is 0.240 e. The molecule has 3 aromatic rings. The van der Waals surface area contributed by atoms with Crippen LogP contribution in [-0.4, -0.2) is 34.2 Å². The van der Waals surface area contributed by atoms with Crippen LogP contribution >= 0.6 is 24.0 Å². The van der Waals surface area contributed by atoms with Gasteiger partial charge in [-0.05, 0) is 67.9 Å². The van der Waals surface area contributed by atoms with Crippen molar-refractivity contribution in [1.82, 2.24) is 15.0 Å². The molecule has 1 aliphatic heterocycles. The Kier molecular flexibility index (Phi) is 7.75. The van der Waals surface area contributed by atoms with Gasteiger partial charge >= 0.3 is 0 Å². The number of hydrogen-bond acceptors (Lipinski definition) is 6. The maximum absolute atomic E-state index is 6.03. The number of piperidine rings is 1. The second kappa shape index (κ2) is 10.5. The molecule has 0 radical (unpaired) electrons. The first-order chi connectivity index (χ1) is 13.8. The van der Waals surface area contributed by atoms with Crippen LogP contribution in [0.1, 0.15) is 25.2 Å². The normalized spacial score (nSPS) is 16.8. The second-order valence-corrected chi connectivity index (χ2v) is 7.23. The number of benzene rings is 2. The van der Waals surface area contributed by atoms with Gasteiger partial charge in [-0.2, -0.15) is 4.98 Å². The zero-order valence-corrected chi connectivity index (χ0v) is 17.4. The minimum absolute atomic E-state index is 0. The van der Waals surface area contributed by atoms with E-state index in [9.17, 15) is 0 Å². The molecular weight excluding hydrogens is 413 g/mol. The minimum Gasteiger partial charge on any atom is -0.492 e. The van der Waals surface area contributed by atoms with E-state index in [1.54, 1.807) is 12.1 Å². The van der Waals surface area contributed by atoms with Crippen molar-refractivity contribution in [2.24, 2.45) is 0 Å². The van der Waals surface area contributed by atoms with Gasteiger partial charge in [0, 0.05) is 11.1 Å². The molecule has 1 aliphatic rings. The number of nitrogens with zero attached hydrogens (tertiary/aromatic N) is 3. The summed E-state index contributed by atoms with van der Waals surface area (Å²) >= 11 is 5.90. The summed E-state index contributed by atoms with van der Waals surface area (Å²) < 4.78 is 17.0. The van der Waals surface area contributed by atoms with Gasteiger partial charge in [-0.15, -0.1) is 12.4 Å². The van der Waals surface area contributed by atoms with Gasteiger partial charge in [-0.25, -0.2) is 0 Å². The molecule has 0 amide bonds. The summed E-state index contributed by atoms with van der Waals surface area (Å²) in [6.07, 6.45) is 4.94. The number of halogens is 2. The highest BCUT2D eigenvalue weighted by molar-refractivity contribution is 6.30. The average Bonchev–Trinajstić information content (AvgIpc) is 3.23. The first-order valence-electron chi connectivity index (χ1n) is 9.42. The Balaban J connectivity index is 0.00000240. The zero-order chi connectivity index (χ0) is 19.2. The van der Waals surface area contributed by atoms with Crippen molar-refractivity contribution in [2.75, 3.05) is 13.2 Å². The topological polar surface area (TPSA) is 60.6 Å². The van der Waals surface area contributed by atoms with Crippen LogP contribution in [-0.2, 0) is 6.54 Å². The number of hydrogen-bond donors (Lipinski definition) is 0. The van der Waals surface area contributed by atoms with E-state index in [4.69, 9.17) is 25.6 Å². The van der Waals surface area contributed by atoms with Crippen molar-refractivity contribution in [3.8, 4) is 17.2 Å². The fourth-order valence-electron chi connectivity index (χ4n) is 3.33. The van der Waals surface area contributed by atoms with Crippen LogP contribution in [0.2, 0.25) is 5.02 Å². The molecule has 0 unspecified atom stereocenters. The first-order valence-corrected chi connectivity index (χ1v) is 9.80. The van der Waals surface area contributed by atoms with Crippen molar-refractivity contribution in [2.45, 2.75) is 31.8 Å². The van der Waals surface area contributed by atoms with Gasteiger partial charge in [0.25, 0.3) is 0 Å². The van der Waals surface area contributed by atoms with Gasteiger partial charge in [-0.1, -0.05) is 23.2 Å². The van der Waals surface area contributed by atoms with Crippen LogP contribution in [0.3, 0.4) is 0 Å². The molecule has 4 rings (SSSR count). The van der Waals surface area contributed by atoms with E-state index in [0.29, 0.717) is 30.1 Å². The Bertz CT molecular complexity index is 858. The molecule has 6 nitrogen and oxygen atoms in total. The van der Waals surface area contributed by atoms with Gasteiger partial charge in [-0.3, -0.25) is 4.90 Å². The van der Waals surface area contributed by atoms with Crippen molar-refractivity contribution >= 4 is 24.0 Å². The fourth-order valence-corrected chi connectivity index (χ4v) is 3.46. The maximum Gasteiger partial charge on any atom is 0.240 e. The van der Waals surface area contributed by atoms with Crippen molar-refractivity contribution < 1.29 is 14.0 Å². The van der Waals surface area contributed by atoms with Crippen LogP contribution in [0.25, 0.3) is 0 Å². The number of rotatable bonds is 7. The number of aromatic nitrogens is 2. The van der Waals surface area contributed by atoms with Crippen molar-refractivity contribution in [3.05, 3.63) is 65.8 Å². The lowest BCUT2D eigenvalue weighted by Crippen LogP contribution is -2.42. The van der Waals surface area contributed by atoms with E-state index in [-0.39, 0.29) is 12.4 Å². The molecule has 1 atom stereocenters. The lowest BCUT2D eigenvalue weighted by molar-refractivity contribution is 0.0831. The monoisotopic (exact) mass is 435 g/mol. The predicted molar refractivity (Wildman–Crippen MR) is 113 cm³/mol. The molecule has 154 valence electrons. The van der Waals surface area contributed by atoms with E-state index >= 15 is 0 Å². The Morgan fingerprint density at radius 2 is 1.69 bits per heavy atom. The van der Waals surface area contributed by atoms with Gasteiger partial charge in [0.05, 0.1) is 6.54 Å². The third kappa shape index (κ3) is 6.10. The van der Waals surface area contributed by atoms with Crippen LogP contribution < -0.4 is 9.47 Å². The number of ether oxygens (including phenoxy) is 2. The van der Waals surface area contributed by atoms with Gasteiger partial charge in [0.15, 0.2) is 6.33 Å². The summed E-state index contributed by atoms with van der Waals surface area (Å²) in [4.78, 5) is 6.49. The SMILES string of the molecule is Cl.Clc1ccc(Oc2ccc(OC[C@@H]3CCCCN3Cc3ncno3)cc2)cc1. The van der Waals surface area contributed by atoms with Crippen LogP contribution in [0.15, 0.2) is 59.4 Å². The van der Waals surface area contributed by atoms with Crippen LogP contribution in [0.5, 0.6) is 17.2 Å². The molecular formula is C21H23Cl2N3O3. The van der Waals surface area contributed by atoms with E-state index in [0.717, 1.165) is 30.2 Å². The highest BCUT2D eigenvalue weighted by Crippen LogP contribution is 2.26. The first kappa shape index (κ1) is 21.4. The fraction of sp³-hybridized carbons (Fsp3) is 0.333. The molecule has 1 fully saturated rings. The number of likely N-dealkylation sites (tertiary alicyclic amines) is 1. The summed E-state index contributed by atoms with van der Waals surface area (Å²) in [6.45, 7) is 2.32. The molecule has 0 aliphatic carbocycles. The molecule has 0 saturated carbocycles. The molecule has 1 saturated heterocycles. The Morgan fingerprint density at radius 3 is 2.38 bits per heavy atom. The average molecular weight is 436 g/mol. The second-order valence-electron chi connectivity index (χ2n) is 6.79. The Hall–Kier alpha value is -2.28. The highest BCUT2D eigenvalue weighted by Gasteiger charge is 2.24. The predicted octanol–water partition coefficient (Wildman–Crippen LogP) is 5.37. The van der Waals surface area contributed by atoms with Gasteiger partial charge < -0.3 is 14.0 Å². The van der Waals surface area contributed by atoms with Crippen molar-refractivity contribution in [3.63, 3.8) is 0 Å². The molecule has 2 aromatic carbocycles. The quantitative estimate of drug-likeness (QED) is 0.496. The Labute approximate surface area is 181 Å². The third-order valence-electron chi connectivity index (χ3n) is 4.81. The van der Waals surface area contributed by atoms with Crippen LogP contribution in [0.4, 0.5) is 0 Å². The Morgan fingerprint density at radius 1 is 1.00 bits per heavy atom. The summed E-state index contributed by atoms with van der Waals surface area (Å²) in [6, 6.07) is 15.3. The molecule has 0 bridgehead atoms. The summed E-state index contributed by atoms with van der Waals surface area (Å²) in [5, 5.41) is 4.37. The van der Waals surface area contributed by atoms with Gasteiger partial charge in [0.1, 0.15) is 23.9 Å². The molecule has 0 N–H and O–H groups in total. The lowest BCUT2D eigenvalue weighted by atomic mass is 10.0. The zero-order valence-electron chi connectivity index (χ0n) is 15.9. The minimum atomic E-state index is 0. The lowest BCUT2D eigenvalue weighted by Gasteiger charge is -2.34. The van der Waals surface area contributed by atoms with Crippen molar-refractivity contribution in [1.29, 1.82) is 0 Å². The maximum atomic E-state index is 6.03.